The molecule has 2 fully saturated rings. The van der Waals surface area contributed by atoms with Crippen molar-refractivity contribution in [2.45, 2.75) is 100 Å². The maximum absolute atomic E-state index is 13.4. The number of hydrogen-bond donors (Lipinski definition) is 2. The van der Waals surface area contributed by atoms with Gasteiger partial charge in [-0.3, -0.25) is 15.0 Å². The number of hydrazone groups is 1. The summed E-state index contributed by atoms with van der Waals surface area (Å²) >= 11 is 12.8. The van der Waals surface area contributed by atoms with Crippen LogP contribution in [0, 0.1) is 0 Å². The lowest BCUT2D eigenvalue weighted by Crippen LogP contribution is -2.55. The number of amidine groups is 1. The van der Waals surface area contributed by atoms with E-state index in [4.69, 9.17) is 23.2 Å². The van der Waals surface area contributed by atoms with Gasteiger partial charge in [-0.25, -0.2) is 0 Å². The van der Waals surface area contributed by atoms with E-state index in [0.717, 1.165) is 51.4 Å². The third kappa shape index (κ3) is 7.53. The summed E-state index contributed by atoms with van der Waals surface area (Å²) in [4.78, 5) is 27.5. The summed E-state index contributed by atoms with van der Waals surface area (Å²) in [5, 5.41) is 14.9. The third-order valence-electron chi connectivity index (χ3n) is 7.08. The van der Waals surface area contributed by atoms with Gasteiger partial charge in [-0.05, 0) is 39.5 Å². The number of allylic oxidation sites excluding steroid dienone is 2. The Morgan fingerprint density at radius 2 is 1.83 bits per heavy atom. The predicted octanol–water partition coefficient (Wildman–Crippen LogP) is 4.68. The van der Waals surface area contributed by atoms with Gasteiger partial charge in [-0.1, -0.05) is 50.3 Å². The molecule has 2 N–H and O–H groups in total. The first-order chi connectivity index (χ1) is 16.7. The zero-order valence-electron chi connectivity index (χ0n) is 21.0. The SMILES string of the molecule is C/N=N\C(=N/NCC(=O)N(C1CCCCC1)C(C)C(=O)NC1CCCC1)C1=CC(Cl)C(C)(Cl)C=C1. The average molecular weight is 526 g/mol. The first kappa shape index (κ1) is 27.7. The molecule has 0 spiro atoms. The Hall–Kier alpha value is -1.93. The molecule has 0 heterocycles. The number of nitrogens with zero attached hydrogens (tertiary/aromatic N) is 4. The second-order valence-electron chi connectivity index (χ2n) is 9.84. The van der Waals surface area contributed by atoms with Gasteiger partial charge < -0.3 is 10.2 Å². The van der Waals surface area contributed by atoms with E-state index >= 15 is 0 Å². The topological polar surface area (TPSA) is 98.5 Å². The van der Waals surface area contributed by atoms with E-state index in [2.05, 4.69) is 26.1 Å². The summed E-state index contributed by atoms with van der Waals surface area (Å²) in [7, 11) is 1.55. The van der Waals surface area contributed by atoms with Crippen molar-refractivity contribution >= 4 is 40.9 Å². The molecule has 3 aliphatic rings. The molecule has 0 radical (unpaired) electrons. The molecule has 0 saturated heterocycles. The van der Waals surface area contributed by atoms with E-state index in [-0.39, 0.29) is 30.4 Å². The van der Waals surface area contributed by atoms with Gasteiger partial charge in [-0.2, -0.15) is 10.2 Å². The van der Waals surface area contributed by atoms with Gasteiger partial charge in [0.05, 0.1) is 10.3 Å². The van der Waals surface area contributed by atoms with Crippen LogP contribution in [-0.4, -0.2) is 64.5 Å². The maximum atomic E-state index is 13.4. The van der Waals surface area contributed by atoms with Crippen molar-refractivity contribution in [1.82, 2.24) is 15.6 Å². The normalized spacial score (nSPS) is 27.1. The van der Waals surface area contributed by atoms with Gasteiger partial charge in [0.2, 0.25) is 11.8 Å². The van der Waals surface area contributed by atoms with Crippen LogP contribution in [0.15, 0.2) is 39.1 Å². The molecule has 8 nitrogen and oxygen atoms in total. The van der Waals surface area contributed by atoms with Crippen LogP contribution in [-0.2, 0) is 9.59 Å². The van der Waals surface area contributed by atoms with Crippen LogP contribution in [0.4, 0.5) is 0 Å². The highest BCUT2D eigenvalue weighted by molar-refractivity contribution is 6.34. The molecule has 3 aliphatic carbocycles. The lowest BCUT2D eigenvalue weighted by Gasteiger charge is -2.38. The summed E-state index contributed by atoms with van der Waals surface area (Å²) in [6.45, 7) is 3.61. The summed E-state index contributed by atoms with van der Waals surface area (Å²) in [5.74, 6) is 0.0828. The number of carbonyl (C=O) groups is 2. The van der Waals surface area contributed by atoms with Crippen LogP contribution in [0.25, 0.3) is 0 Å². The molecule has 0 aromatic carbocycles. The van der Waals surface area contributed by atoms with Gasteiger partial charge >= 0.3 is 0 Å². The van der Waals surface area contributed by atoms with Gasteiger partial charge in [0.25, 0.3) is 0 Å². The number of hydrogen-bond acceptors (Lipinski definition) is 5. The quantitative estimate of drug-likeness (QED) is 0.158. The van der Waals surface area contributed by atoms with Crippen molar-refractivity contribution < 1.29 is 9.59 Å². The summed E-state index contributed by atoms with van der Waals surface area (Å²) in [6, 6.07) is -0.256. The molecular weight excluding hydrogens is 487 g/mol. The Bertz CT molecular complexity index is 873. The molecule has 2 amide bonds. The van der Waals surface area contributed by atoms with E-state index in [1.165, 1.54) is 6.42 Å². The molecular formula is C25H38Cl2N6O2. The standard InChI is InChI=1S/C25H38Cl2N6O2/c1-17(24(35)30-19-9-7-8-10-19)33(20-11-5-4-6-12-20)22(34)16-29-32-23(31-28-3)18-13-14-25(2,27)21(26)15-18/h13-15,17,19-21,29H,4-12,16H2,1-3H3,(H,30,35)/b31-28-,32-23-. The smallest absolute Gasteiger partial charge is 0.244 e. The average Bonchev–Trinajstić information content (AvgIpc) is 3.34. The molecule has 3 atom stereocenters. The Labute approximate surface area is 218 Å². The van der Waals surface area contributed by atoms with Crippen molar-refractivity contribution in [2.24, 2.45) is 15.3 Å². The molecule has 0 bridgehead atoms. The maximum Gasteiger partial charge on any atom is 0.244 e. The van der Waals surface area contributed by atoms with E-state index < -0.39 is 16.3 Å². The number of azo groups is 1. The summed E-state index contributed by atoms with van der Waals surface area (Å²) in [5.41, 5.74) is 3.52. The highest BCUT2D eigenvalue weighted by Crippen LogP contribution is 2.32. The zero-order chi connectivity index (χ0) is 25.4. The number of alkyl halides is 2. The van der Waals surface area contributed by atoms with Crippen molar-refractivity contribution in [3.8, 4) is 0 Å². The first-order valence-corrected chi connectivity index (χ1v) is 13.5. The minimum atomic E-state index is -0.696. The second-order valence-corrected chi connectivity index (χ2v) is 11.1. The van der Waals surface area contributed by atoms with Crippen LogP contribution in [0.1, 0.15) is 71.6 Å². The minimum Gasteiger partial charge on any atom is -0.352 e. The van der Waals surface area contributed by atoms with E-state index in [9.17, 15) is 9.59 Å². The van der Waals surface area contributed by atoms with Crippen LogP contribution >= 0.6 is 23.2 Å². The molecule has 0 aromatic rings. The highest BCUT2D eigenvalue weighted by atomic mass is 35.5. The fourth-order valence-corrected chi connectivity index (χ4v) is 5.33. The largest absolute Gasteiger partial charge is 0.352 e. The van der Waals surface area contributed by atoms with Gasteiger partial charge in [0.15, 0.2) is 5.84 Å². The summed E-state index contributed by atoms with van der Waals surface area (Å²) < 4.78 is 0. The Morgan fingerprint density at radius 1 is 1.17 bits per heavy atom. The van der Waals surface area contributed by atoms with Crippen LogP contribution < -0.4 is 10.7 Å². The molecule has 3 unspecified atom stereocenters. The highest BCUT2D eigenvalue weighted by Gasteiger charge is 2.34. The molecule has 3 rings (SSSR count). The minimum absolute atomic E-state index is 0.0468. The van der Waals surface area contributed by atoms with Crippen LogP contribution in [0.3, 0.4) is 0 Å². The Kier molecular flexibility index (Phi) is 10.2. The number of amides is 2. The zero-order valence-corrected chi connectivity index (χ0v) is 22.5. The van der Waals surface area contributed by atoms with Crippen molar-refractivity contribution in [3.63, 3.8) is 0 Å². The Balaban J connectivity index is 1.69. The monoisotopic (exact) mass is 524 g/mol. The fraction of sp³-hybridized carbons (Fsp3) is 0.720. The Morgan fingerprint density at radius 3 is 2.46 bits per heavy atom. The van der Waals surface area contributed by atoms with E-state index in [0.29, 0.717) is 11.4 Å². The molecule has 194 valence electrons. The first-order valence-electron chi connectivity index (χ1n) is 12.7. The van der Waals surface area contributed by atoms with Gasteiger partial charge in [0, 0.05) is 24.7 Å². The predicted molar refractivity (Wildman–Crippen MR) is 141 cm³/mol. The lowest BCUT2D eigenvalue weighted by atomic mass is 9.93. The van der Waals surface area contributed by atoms with Gasteiger partial charge in [0.1, 0.15) is 12.6 Å². The molecule has 2 saturated carbocycles. The van der Waals surface area contributed by atoms with E-state index in [1.54, 1.807) is 30.2 Å². The molecule has 0 aromatic heterocycles. The molecule has 10 heteroatoms. The van der Waals surface area contributed by atoms with Crippen LogP contribution in [0.5, 0.6) is 0 Å². The number of halogens is 2. The van der Waals surface area contributed by atoms with Crippen molar-refractivity contribution in [1.29, 1.82) is 0 Å². The number of rotatable bonds is 8. The summed E-state index contributed by atoms with van der Waals surface area (Å²) in [6.07, 6.45) is 14.8. The molecule has 35 heavy (non-hydrogen) atoms. The lowest BCUT2D eigenvalue weighted by molar-refractivity contribution is -0.143. The number of carbonyl (C=O) groups excluding carboxylic acids is 2. The fourth-order valence-electron chi connectivity index (χ4n) is 5.00. The molecule has 0 aliphatic heterocycles. The number of nitrogens with one attached hydrogen (secondary N) is 2. The van der Waals surface area contributed by atoms with E-state index in [1.807, 2.05) is 13.8 Å². The van der Waals surface area contributed by atoms with Crippen molar-refractivity contribution in [3.05, 3.63) is 23.8 Å². The van der Waals surface area contributed by atoms with Crippen molar-refractivity contribution in [2.75, 3.05) is 13.6 Å². The van der Waals surface area contributed by atoms with Crippen LogP contribution in [0.2, 0.25) is 0 Å². The second kappa shape index (κ2) is 12.9. The third-order valence-corrected chi connectivity index (χ3v) is 8.13. The van der Waals surface area contributed by atoms with Gasteiger partial charge in [-0.15, -0.1) is 28.3 Å².